The summed E-state index contributed by atoms with van der Waals surface area (Å²) in [5.74, 6) is 0. The third kappa shape index (κ3) is 25.9. The van der Waals surface area contributed by atoms with Gasteiger partial charge in [0, 0.05) is 20.3 Å². The molecule has 0 atom stereocenters. The quantitative estimate of drug-likeness (QED) is 0.665. The second-order valence-corrected chi connectivity index (χ2v) is 5.34. The van der Waals surface area contributed by atoms with Gasteiger partial charge < -0.3 is 9.47 Å². The van der Waals surface area contributed by atoms with Crippen molar-refractivity contribution in [2.45, 2.75) is 78.7 Å². The van der Waals surface area contributed by atoms with Gasteiger partial charge in [-0.05, 0) is 33.6 Å². The monoisotopic (exact) mass is 246 g/mol. The molecular formula is C15H34O2. The molecule has 1 heterocycles. The van der Waals surface area contributed by atoms with Crippen molar-refractivity contribution in [1.82, 2.24) is 0 Å². The minimum absolute atomic E-state index is 0.0417. The Hall–Kier alpha value is -0.0800. The molecule has 1 aliphatic heterocycles. The summed E-state index contributed by atoms with van der Waals surface area (Å²) in [5, 5.41) is 0. The van der Waals surface area contributed by atoms with E-state index in [1.165, 1.54) is 38.5 Å². The predicted molar refractivity (Wildman–Crippen MR) is 76.6 cm³/mol. The fourth-order valence-corrected chi connectivity index (χ4v) is 1.01. The van der Waals surface area contributed by atoms with Gasteiger partial charge in [-0.2, -0.15) is 0 Å². The molecule has 0 amide bonds. The Bertz CT molecular complexity index is 112. The van der Waals surface area contributed by atoms with Crippen molar-refractivity contribution in [3.63, 3.8) is 0 Å². The maximum atomic E-state index is 4.94. The van der Waals surface area contributed by atoms with Crippen LogP contribution in [0.25, 0.3) is 0 Å². The average Bonchev–Trinajstić information content (AvgIpc) is 2.85. The molecule has 0 aromatic heterocycles. The average molecular weight is 246 g/mol. The second-order valence-electron chi connectivity index (χ2n) is 5.34. The van der Waals surface area contributed by atoms with Crippen LogP contribution in [0.1, 0.15) is 73.1 Å². The standard InChI is InChI=1S/C6H14.C5H12O.C4H8O/c1-3-5-6-4-2;1-5(2,3)6-4;1-2-4-5-3-1/h3-6H2,1-2H3;1-4H3;1-4H2. The van der Waals surface area contributed by atoms with Crippen molar-refractivity contribution >= 4 is 0 Å². The Morgan fingerprint density at radius 1 is 0.941 bits per heavy atom. The third-order valence-electron chi connectivity index (χ3n) is 2.40. The van der Waals surface area contributed by atoms with E-state index in [9.17, 15) is 0 Å². The van der Waals surface area contributed by atoms with Gasteiger partial charge in [0.1, 0.15) is 0 Å². The van der Waals surface area contributed by atoms with Crippen LogP contribution < -0.4 is 0 Å². The zero-order chi connectivity index (χ0) is 13.6. The minimum atomic E-state index is 0.0417. The topological polar surface area (TPSA) is 18.5 Å². The molecule has 0 aromatic carbocycles. The minimum Gasteiger partial charge on any atom is -0.381 e. The fourth-order valence-electron chi connectivity index (χ4n) is 1.01. The van der Waals surface area contributed by atoms with E-state index in [0.29, 0.717) is 0 Å². The van der Waals surface area contributed by atoms with Gasteiger partial charge in [-0.3, -0.25) is 0 Å². The lowest BCUT2D eigenvalue weighted by Crippen LogP contribution is -2.15. The third-order valence-corrected chi connectivity index (χ3v) is 2.40. The van der Waals surface area contributed by atoms with E-state index in [2.05, 4.69) is 13.8 Å². The molecule has 1 fully saturated rings. The number of ether oxygens (including phenoxy) is 2. The molecule has 0 spiro atoms. The van der Waals surface area contributed by atoms with Crippen LogP contribution in [0, 0.1) is 0 Å². The van der Waals surface area contributed by atoms with E-state index < -0.39 is 0 Å². The summed E-state index contributed by atoms with van der Waals surface area (Å²) in [6.07, 6.45) is 8.09. The van der Waals surface area contributed by atoms with Gasteiger partial charge in [0.15, 0.2) is 0 Å². The lowest BCUT2D eigenvalue weighted by atomic mass is 10.2. The zero-order valence-corrected chi connectivity index (χ0v) is 13.0. The van der Waals surface area contributed by atoms with E-state index >= 15 is 0 Å². The normalized spacial score (nSPS) is 14.5. The number of rotatable bonds is 3. The summed E-state index contributed by atoms with van der Waals surface area (Å²) in [6, 6.07) is 0. The molecule has 0 unspecified atom stereocenters. The fraction of sp³-hybridized carbons (Fsp3) is 1.00. The molecule has 0 radical (unpaired) electrons. The van der Waals surface area contributed by atoms with Crippen molar-refractivity contribution in [3.8, 4) is 0 Å². The van der Waals surface area contributed by atoms with Crippen LogP contribution in [-0.2, 0) is 9.47 Å². The molecule has 1 aliphatic rings. The van der Waals surface area contributed by atoms with E-state index in [1.54, 1.807) is 7.11 Å². The highest BCUT2D eigenvalue weighted by Gasteiger charge is 2.04. The summed E-state index contributed by atoms with van der Waals surface area (Å²) in [7, 11) is 1.71. The summed E-state index contributed by atoms with van der Waals surface area (Å²) < 4.78 is 9.88. The van der Waals surface area contributed by atoms with Crippen LogP contribution in [0.4, 0.5) is 0 Å². The van der Waals surface area contributed by atoms with Crippen LogP contribution in [-0.4, -0.2) is 25.9 Å². The molecule has 0 N–H and O–H groups in total. The Morgan fingerprint density at radius 2 is 1.29 bits per heavy atom. The van der Waals surface area contributed by atoms with Crippen molar-refractivity contribution < 1.29 is 9.47 Å². The van der Waals surface area contributed by atoms with Gasteiger partial charge in [0.2, 0.25) is 0 Å². The van der Waals surface area contributed by atoms with Crippen LogP contribution in [0.5, 0.6) is 0 Å². The highest BCUT2D eigenvalue weighted by Crippen LogP contribution is 2.02. The SMILES string of the molecule is C1CCOC1.CCCCCC.COC(C)(C)C. The predicted octanol–water partition coefficient (Wildman–Crippen LogP) is 4.81. The molecule has 0 aliphatic carbocycles. The van der Waals surface area contributed by atoms with Crippen LogP contribution >= 0.6 is 0 Å². The first kappa shape index (κ1) is 19.3. The number of hydrogen-bond acceptors (Lipinski definition) is 2. The molecule has 1 rings (SSSR count). The maximum absolute atomic E-state index is 4.94. The highest BCUT2D eigenvalue weighted by atomic mass is 16.5. The van der Waals surface area contributed by atoms with Gasteiger partial charge in [-0.15, -0.1) is 0 Å². The van der Waals surface area contributed by atoms with Gasteiger partial charge >= 0.3 is 0 Å². The molecule has 0 aromatic rings. The smallest absolute Gasteiger partial charge is 0.0594 e. The molecular weight excluding hydrogens is 212 g/mol. The van der Waals surface area contributed by atoms with Gasteiger partial charge in [0.05, 0.1) is 5.60 Å². The Kier molecular flexibility index (Phi) is 15.8. The lowest BCUT2D eigenvalue weighted by molar-refractivity contribution is 0.0397. The second kappa shape index (κ2) is 14.0. The summed E-state index contributed by atoms with van der Waals surface area (Å²) in [6.45, 7) is 12.5. The van der Waals surface area contributed by atoms with Crippen molar-refractivity contribution in [2.24, 2.45) is 0 Å². The summed E-state index contributed by atoms with van der Waals surface area (Å²) in [5.41, 5.74) is 0.0417. The van der Waals surface area contributed by atoms with Crippen molar-refractivity contribution in [3.05, 3.63) is 0 Å². The molecule has 17 heavy (non-hydrogen) atoms. The largest absolute Gasteiger partial charge is 0.381 e. The highest BCUT2D eigenvalue weighted by molar-refractivity contribution is 4.55. The van der Waals surface area contributed by atoms with Crippen molar-refractivity contribution in [2.75, 3.05) is 20.3 Å². The molecule has 1 saturated heterocycles. The number of hydrogen-bond donors (Lipinski definition) is 0. The molecule has 0 bridgehead atoms. The first-order chi connectivity index (χ1) is 7.97. The van der Waals surface area contributed by atoms with E-state index in [0.717, 1.165) is 13.2 Å². The van der Waals surface area contributed by atoms with Crippen LogP contribution in [0.15, 0.2) is 0 Å². The van der Waals surface area contributed by atoms with E-state index in [4.69, 9.17) is 9.47 Å². The molecule has 106 valence electrons. The van der Waals surface area contributed by atoms with Gasteiger partial charge in [-0.25, -0.2) is 0 Å². The first-order valence-corrected chi connectivity index (χ1v) is 7.10. The zero-order valence-electron chi connectivity index (χ0n) is 13.0. The number of methoxy groups -OCH3 is 1. The van der Waals surface area contributed by atoms with Crippen LogP contribution in [0.2, 0.25) is 0 Å². The lowest BCUT2D eigenvalue weighted by Gasteiger charge is -2.14. The summed E-state index contributed by atoms with van der Waals surface area (Å²) in [4.78, 5) is 0. The molecule has 0 saturated carbocycles. The van der Waals surface area contributed by atoms with Crippen LogP contribution in [0.3, 0.4) is 0 Å². The van der Waals surface area contributed by atoms with Gasteiger partial charge in [0.25, 0.3) is 0 Å². The Morgan fingerprint density at radius 3 is 1.41 bits per heavy atom. The van der Waals surface area contributed by atoms with E-state index in [1.807, 2.05) is 20.8 Å². The van der Waals surface area contributed by atoms with Crippen molar-refractivity contribution in [1.29, 1.82) is 0 Å². The van der Waals surface area contributed by atoms with Gasteiger partial charge in [-0.1, -0.05) is 39.5 Å². The van der Waals surface area contributed by atoms with E-state index in [-0.39, 0.29) is 5.60 Å². The maximum Gasteiger partial charge on any atom is 0.0594 e. The molecule has 2 nitrogen and oxygen atoms in total. The molecule has 2 heteroatoms. The Labute approximate surface area is 109 Å². The number of unbranched alkanes of at least 4 members (excludes halogenated alkanes) is 3. The Balaban J connectivity index is 0. The first-order valence-electron chi connectivity index (χ1n) is 7.10. The summed E-state index contributed by atoms with van der Waals surface area (Å²) >= 11 is 0.